The molecular formula is C20H30N2O3S. The normalized spacial score (nSPS) is 25.8. The number of nitrogens with zero attached hydrogens (tertiary/aromatic N) is 1. The Kier molecular flexibility index (Phi) is 5.64. The Morgan fingerprint density at radius 2 is 2.23 bits per heavy atom. The SMILES string of the molecule is CCN1CCC2(CC1)OCCc1sc(C(=O)NCC3CCCOC3)cc12. The van der Waals surface area contributed by atoms with E-state index in [-0.39, 0.29) is 11.5 Å². The summed E-state index contributed by atoms with van der Waals surface area (Å²) in [5.41, 5.74) is 1.13. The quantitative estimate of drug-likeness (QED) is 0.875. The Labute approximate surface area is 160 Å². The molecular weight excluding hydrogens is 348 g/mol. The first-order valence-corrected chi connectivity index (χ1v) is 10.9. The lowest BCUT2D eigenvalue weighted by Crippen LogP contribution is -2.46. The van der Waals surface area contributed by atoms with E-state index in [1.165, 1.54) is 10.4 Å². The Bertz CT molecular complexity index is 631. The van der Waals surface area contributed by atoms with Crippen LogP contribution in [0.2, 0.25) is 0 Å². The first-order valence-electron chi connectivity index (χ1n) is 10.1. The number of amides is 1. The van der Waals surface area contributed by atoms with E-state index in [1.807, 2.05) is 0 Å². The molecule has 0 bridgehead atoms. The summed E-state index contributed by atoms with van der Waals surface area (Å²) < 4.78 is 11.8. The summed E-state index contributed by atoms with van der Waals surface area (Å²) in [5.74, 6) is 0.520. The van der Waals surface area contributed by atoms with Crippen LogP contribution in [0, 0.1) is 5.92 Å². The molecule has 1 unspecified atom stereocenters. The van der Waals surface area contributed by atoms with Gasteiger partial charge in [-0.05, 0) is 49.8 Å². The summed E-state index contributed by atoms with van der Waals surface area (Å²) in [7, 11) is 0. The zero-order valence-electron chi connectivity index (χ0n) is 15.7. The van der Waals surface area contributed by atoms with Gasteiger partial charge in [0, 0.05) is 37.5 Å². The van der Waals surface area contributed by atoms with Crippen molar-refractivity contribution in [3.63, 3.8) is 0 Å². The van der Waals surface area contributed by atoms with E-state index in [4.69, 9.17) is 9.47 Å². The zero-order valence-corrected chi connectivity index (χ0v) is 16.5. The minimum absolute atomic E-state index is 0.0658. The van der Waals surface area contributed by atoms with Crippen molar-refractivity contribution in [1.82, 2.24) is 10.2 Å². The number of carbonyl (C=O) groups excluding carboxylic acids is 1. The third-order valence-corrected chi connectivity index (χ3v) is 7.34. The predicted octanol–water partition coefficient (Wildman–Crippen LogP) is 2.79. The smallest absolute Gasteiger partial charge is 0.261 e. The lowest BCUT2D eigenvalue weighted by Gasteiger charge is -2.43. The van der Waals surface area contributed by atoms with E-state index in [9.17, 15) is 4.79 Å². The summed E-state index contributed by atoms with van der Waals surface area (Å²) in [4.78, 5) is 17.4. The highest BCUT2D eigenvalue weighted by atomic mass is 32.1. The van der Waals surface area contributed by atoms with E-state index in [2.05, 4.69) is 23.2 Å². The monoisotopic (exact) mass is 378 g/mol. The van der Waals surface area contributed by atoms with Gasteiger partial charge in [-0.2, -0.15) is 0 Å². The van der Waals surface area contributed by atoms with Gasteiger partial charge >= 0.3 is 0 Å². The molecule has 144 valence electrons. The van der Waals surface area contributed by atoms with Crippen LogP contribution >= 0.6 is 11.3 Å². The number of rotatable bonds is 4. The number of likely N-dealkylation sites (tertiary alicyclic amines) is 1. The minimum atomic E-state index is -0.161. The average molecular weight is 379 g/mol. The molecule has 26 heavy (non-hydrogen) atoms. The van der Waals surface area contributed by atoms with Crippen molar-refractivity contribution in [3.8, 4) is 0 Å². The predicted molar refractivity (Wildman–Crippen MR) is 103 cm³/mol. The van der Waals surface area contributed by atoms with Crippen molar-refractivity contribution in [1.29, 1.82) is 0 Å². The van der Waals surface area contributed by atoms with Gasteiger partial charge in [0.15, 0.2) is 0 Å². The minimum Gasteiger partial charge on any atom is -0.381 e. The molecule has 2 fully saturated rings. The fourth-order valence-electron chi connectivity index (χ4n) is 4.47. The van der Waals surface area contributed by atoms with Gasteiger partial charge in [0.1, 0.15) is 0 Å². The molecule has 0 radical (unpaired) electrons. The van der Waals surface area contributed by atoms with Crippen LogP contribution in [0.25, 0.3) is 0 Å². The van der Waals surface area contributed by atoms with Gasteiger partial charge in [-0.15, -0.1) is 11.3 Å². The average Bonchev–Trinajstić information content (AvgIpc) is 3.14. The highest BCUT2D eigenvalue weighted by Gasteiger charge is 2.42. The molecule has 1 amide bonds. The standard InChI is InChI=1S/C20H30N2O3S/c1-2-22-8-6-20(7-9-22)16-12-18(26-17(16)5-11-25-20)19(23)21-13-15-4-3-10-24-14-15/h12,15H,2-11,13-14H2,1H3,(H,21,23). The van der Waals surface area contributed by atoms with Crippen molar-refractivity contribution >= 4 is 17.2 Å². The number of hydrogen-bond donors (Lipinski definition) is 1. The highest BCUT2D eigenvalue weighted by Crippen LogP contribution is 2.44. The number of ether oxygens (including phenoxy) is 2. The maximum atomic E-state index is 12.7. The van der Waals surface area contributed by atoms with Crippen LogP contribution in [0.1, 0.15) is 52.7 Å². The molecule has 5 nitrogen and oxygen atoms in total. The van der Waals surface area contributed by atoms with Gasteiger partial charge < -0.3 is 19.7 Å². The Morgan fingerprint density at radius 1 is 1.38 bits per heavy atom. The van der Waals surface area contributed by atoms with Crippen molar-refractivity contribution < 1.29 is 14.3 Å². The second kappa shape index (κ2) is 7.97. The van der Waals surface area contributed by atoms with E-state index in [0.717, 1.165) is 76.4 Å². The maximum absolute atomic E-state index is 12.7. The summed E-state index contributed by atoms with van der Waals surface area (Å²) >= 11 is 1.67. The van der Waals surface area contributed by atoms with Crippen LogP contribution < -0.4 is 5.32 Å². The van der Waals surface area contributed by atoms with Crippen LogP contribution in [-0.2, 0) is 21.5 Å². The molecule has 4 rings (SSSR count). The van der Waals surface area contributed by atoms with Gasteiger partial charge in [-0.25, -0.2) is 0 Å². The van der Waals surface area contributed by atoms with E-state index < -0.39 is 0 Å². The number of carbonyl (C=O) groups is 1. The molecule has 1 aromatic heterocycles. The molecule has 4 heterocycles. The largest absolute Gasteiger partial charge is 0.381 e. The fraction of sp³-hybridized carbons (Fsp3) is 0.750. The van der Waals surface area contributed by atoms with Gasteiger partial charge in [-0.3, -0.25) is 4.79 Å². The molecule has 1 spiro atoms. The first-order chi connectivity index (χ1) is 12.7. The number of fused-ring (bicyclic) bond motifs is 2. The van der Waals surface area contributed by atoms with Crippen LogP contribution in [0.5, 0.6) is 0 Å². The van der Waals surface area contributed by atoms with Crippen molar-refractivity contribution in [3.05, 3.63) is 21.4 Å². The van der Waals surface area contributed by atoms with E-state index in [0.29, 0.717) is 12.5 Å². The lowest BCUT2D eigenvalue weighted by molar-refractivity contribution is -0.0964. The molecule has 1 atom stereocenters. The molecule has 3 aliphatic rings. The van der Waals surface area contributed by atoms with Crippen LogP contribution in [0.15, 0.2) is 6.07 Å². The third kappa shape index (κ3) is 3.70. The Hall–Kier alpha value is -0.950. The summed E-state index contributed by atoms with van der Waals surface area (Å²) in [6.45, 7) is 8.60. The van der Waals surface area contributed by atoms with Gasteiger partial charge in [0.2, 0.25) is 0 Å². The maximum Gasteiger partial charge on any atom is 0.261 e. The Balaban J connectivity index is 1.44. The fourth-order valence-corrected chi connectivity index (χ4v) is 5.61. The van der Waals surface area contributed by atoms with Gasteiger partial charge in [-0.1, -0.05) is 6.92 Å². The molecule has 1 aromatic rings. The highest BCUT2D eigenvalue weighted by molar-refractivity contribution is 7.14. The molecule has 0 aliphatic carbocycles. The topological polar surface area (TPSA) is 50.8 Å². The van der Waals surface area contributed by atoms with Gasteiger partial charge in [0.05, 0.1) is 23.7 Å². The van der Waals surface area contributed by atoms with Crippen molar-refractivity contribution in [2.75, 3.05) is 46.0 Å². The molecule has 2 saturated heterocycles. The summed E-state index contributed by atoms with van der Waals surface area (Å²) in [6, 6.07) is 2.12. The summed E-state index contributed by atoms with van der Waals surface area (Å²) in [6.07, 6.45) is 5.24. The number of thiophene rings is 1. The lowest BCUT2D eigenvalue weighted by atomic mass is 9.82. The van der Waals surface area contributed by atoms with Crippen molar-refractivity contribution in [2.45, 2.75) is 44.6 Å². The van der Waals surface area contributed by atoms with Gasteiger partial charge in [0.25, 0.3) is 5.91 Å². The Morgan fingerprint density at radius 3 is 2.96 bits per heavy atom. The van der Waals surface area contributed by atoms with Crippen LogP contribution in [-0.4, -0.2) is 56.8 Å². The first kappa shape index (κ1) is 18.4. The number of hydrogen-bond acceptors (Lipinski definition) is 5. The van der Waals surface area contributed by atoms with Crippen LogP contribution in [0.3, 0.4) is 0 Å². The van der Waals surface area contributed by atoms with E-state index >= 15 is 0 Å². The molecule has 1 N–H and O–H groups in total. The number of nitrogens with one attached hydrogen (secondary N) is 1. The molecule has 0 aromatic carbocycles. The second-order valence-corrected chi connectivity index (χ2v) is 8.90. The molecule has 6 heteroatoms. The summed E-state index contributed by atoms with van der Waals surface area (Å²) in [5, 5.41) is 3.13. The van der Waals surface area contributed by atoms with Crippen molar-refractivity contribution in [2.24, 2.45) is 5.92 Å². The number of piperidine rings is 1. The molecule has 3 aliphatic heterocycles. The van der Waals surface area contributed by atoms with E-state index in [1.54, 1.807) is 11.3 Å². The van der Waals surface area contributed by atoms with Crippen LogP contribution in [0.4, 0.5) is 0 Å². The zero-order chi connectivity index (χ0) is 18.0. The second-order valence-electron chi connectivity index (χ2n) is 7.77. The third-order valence-electron chi connectivity index (χ3n) is 6.15. The molecule has 0 saturated carbocycles.